The Bertz CT molecular complexity index is 6720. The van der Waals surface area contributed by atoms with E-state index in [4.69, 9.17) is 0 Å². The number of thiophene rings is 1. The second kappa shape index (κ2) is 21.1. The lowest BCUT2D eigenvalue weighted by molar-refractivity contribution is 0.749. The lowest BCUT2D eigenvalue weighted by atomic mass is 9.86. The van der Waals surface area contributed by atoms with Gasteiger partial charge in [0.05, 0.1) is 72.2 Å². The Morgan fingerprint density at radius 1 is 0.306 bits per heavy atom. The molecule has 2 atom stereocenters. The molecule has 0 saturated heterocycles. The molecule has 0 N–H and O–H groups in total. The molecular weight excluding hydrogens is 1210 g/mol. The molecule has 0 spiro atoms. The molecule has 0 fully saturated rings. The summed E-state index contributed by atoms with van der Waals surface area (Å²) < 4.78 is 12.2. The second-order valence-corrected chi connectivity index (χ2v) is 27.3. The van der Waals surface area contributed by atoms with Crippen LogP contribution in [0.25, 0.3) is 158 Å². The maximum Gasteiger partial charge on any atom is 0.0991 e. The third kappa shape index (κ3) is 8.07. The van der Waals surface area contributed by atoms with Gasteiger partial charge in [-0.1, -0.05) is 176 Å². The maximum absolute atomic E-state index is 9.54. The first-order valence-corrected chi connectivity index (χ1v) is 34.4. The molecule has 14 aromatic carbocycles. The highest BCUT2D eigenvalue weighted by Gasteiger charge is 2.39. The molecule has 19 aromatic rings. The standard InChI is InChI=1S/C91H56N6S/c92-55-56-32-39-64(40-33-56)94-79-26-9-4-20-67(79)73-49-58(34-42-84(73)94)61-37-45-88-76(52-61)70-23-8-13-30-83(70)97(88)89-31-15-25-72-78-53-62(38-47-90(78)98-91(72)89)57-16-14-19-65(48-57)95-81-28-11-5-21-68(81)74-50-59(35-43-85(74)95)60-36-44-86-75(51-60)69-22-6-12-29-82(69)96(86)66-41-46-87-77(54-66)71-24-7-10-27-80(71)93(87)63-17-2-1-3-18-63/h1-54,76,88H. The Hall–Kier alpha value is -12.7. The number of hydrogen-bond donors (Lipinski definition) is 0. The second-order valence-electron chi connectivity index (χ2n) is 26.2. The zero-order valence-corrected chi connectivity index (χ0v) is 53.7. The average Bonchev–Trinajstić information content (AvgIpc) is 1.62. The molecular formula is C91H56N6S. The number of fused-ring (bicyclic) bond motifs is 18. The van der Waals surface area contributed by atoms with E-state index in [1.165, 1.54) is 147 Å². The van der Waals surface area contributed by atoms with Crippen LogP contribution in [0.2, 0.25) is 0 Å². The minimum Gasteiger partial charge on any atom is -0.332 e. The molecule has 6 nitrogen and oxygen atoms in total. The largest absolute Gasteiger partial charge is 0.332 e. The van der Waals surface area contributed by atoms with E-state index in [-0.39, 0.29) is 12.0 Å². The van der Waals surface area contributed by atoms with Crippen molar-refractivity contribution < 1.29 is 0 Å². The molecule has 1 aliphatic heterocycles. The van der Waals surface area contributed by atoms with Crippen molar-refractivity contribution in [2.24, 2.45) is 0 Å². The number of aromatic nitrogens is 4. The number of rotatable bonds is 8. The Morgan fingerprint density at radius 2 is 0.735 bits per heavy atom. The predicted molar refractivity (Wildman–Crippen MR) is 411 cm³/mol. The van der Waals surface area contributed by atoms with Crippen molar-refractivity contribution in [3.05, 3.63) is 344 Å². The first kappa shape index (κ1) is 54.6. The lowest BCUT2D eigenvalue weighted by Gasteiger charge is -2.30. The Morgan fingerprint density at radius 3 is 1.36 bits per heavy atom. The molecule has 2 aliphatic rings. The quantitative estimate of drug-likeness (QED) is 0.152. The van der Waals surface area contributed by atoms with Gasteiger partial charge in [-0.05, 0) is 191 Å². The summed E-state index contributed by atoms with van der Waals surface area (Å²) in [6.45, 7) is 0. The maximum atomic E-state index is 9.54. The topological polar surface area (TPSA) is 46.8 Å². The van der Waals surface area contributed by atoms with Gasteiger partial charge in [-0.15, -0.1) is 11.3 Å². The minimum absolute atomic E-state index is 0.110. The molecule has 5 aromatic heterocycles. The van der Waals surface area contributed by atoms with Gasteiger partial charge in [0.25, 0.3) is 0 Å². The zero-order valence-electron chi connectivity index (χ0n) is 52.9. The molecule has 0 radical (unpaired) electrons. The van der Waals surface area contributed by atoms with Gasteiger partial charge >= 0.3 is 0 Å². The first-order chi connectivity index (χ1) is 48.5. The third-order valence-corrected chi connectivity index (χ3v) is 22.3. The first-order valence-electron chi connectivity index (χ1n) is 33.6. The molecule has 1 aliphatic carbocycles. The summed E-state index contributed by atoms with van der Waals surface area (Å²) in [5.41, 5.74) is 25.5. The van der Waals surface area contributed by atoms with Crippen molar-refractivity contribution in [1.82, 2.24) is 18.3 Å². The van der Waals surface area contributed by atoms with Crippen LogP contribution < -0.4 is 4.90 Å². The van der Waals surface area contributed by atoms with Crippen molar-refractivity contribution >= 4 is 136 Å². The molecule has 7 heteroatoms. The number of anilines is 2. The van der Waals surface area contributed by atoms with Crippen LogP contribution in [-0.4, -0.2) is 24.3 Å². The molecule has 0 amide bonds. The summed E-state index contributed by atoms with van der Waals surface area (Å²) in [6.07, 6.45) is 7.29. The molecule has 98 heavy (non-hydrogen) atoms. The van der Waals surface area contributed by atoms with Gasteiger partial charge in [-0.25, -0.2) is 0 Å². The molecule has 0 saturated carbocycles. The van der Waals surface area contributed by atoms with Crippen molar-refractivity contribution in [2.45, 2.75) is 12.0 Å². The smallest absolute Gasteiger partial charge is 0.0991 e. The number of benzene rings is 14. The normalized spacial score (nSPS) is 14.5. The van der Waals surface area contributed by atoms with E-state index in [1.807, 2.05) is 35.6 Å². The van der Waals surface area contributed by atoms with Gasteiger partial charge in [-0.2, -0.15) is 5.26 Å². The highest BCUT2D eigenvalue weighted by molar-refractivity contribution is 7.26. The Balaban J connectivity index is 0.607. The van der Waals surface area contributed by atoms with Crippen LogP contribution in [0.1, 0.15) is 22.6 Å². The number of allylic oxidation sites excluding steroid dienone is 2. The number of nitrogens with zero attached hydrogens (tertiary/aromatic N) is 6. The zero-order chi connectivity index (χ0) is 64.3. The van der Waals surface area contributed by atoms with Crippen molar-refractivity contribution in [3.8, 4) is 51.1 Å². The summed E-state index contributed by atoms with van der Waals surface area (Å²) in [5, 5.41) is 21.9. The van der Waals surface area contributed by atoms with Crippen molar-refractivity contribution in [3.63, 3.8) is 0 Å². The van der Waals surface area contributed by atoms with E-state index in [1.54, 1.807) is 0 Å². The van der Waals surface area contributed by atoms with Crippen LogP contribution in [0.15, 0.2) is 328 Å². The highest BCUT2D eigenvalue weighted by Crippen LogP contribution is 2.53. The van der Waals surface area contributed by atoms with Crippen LogP contribution in [0, 0.1) is 11.3 Å². The van der Waals surface area contributed by atoms with Gasteiger partial charge in [0, 0.05) is 92.9 Å². The SMILES string of the molecule is N#Cc1ccc(-n2c3ccccc3c3cc(C4=CC5c6ccccc6N(c6cccc7c6sc6ccc(-c8cccc(-n9c%10ccccc%10c%10cc(-c%11ccc%12c(c%11)c%11ccccc%11n%12-c%11ccc%12c(c%11)c%11ccccc%11n%12-c%11ccccc%11)ccc%109)c8)cc67)C5C=C4)ccc32)cc1. The summed E-state index contributed by atoms with van der Waals surface area (Å²) in [6, 6.07) is 116. The van der Waals surface area contributed by atoms with Crippen LogP contribution in [0.4, 0.5) is 11.4 Å². The monoisotopic (exact) mass is 1260 g/mol. The fraction of sp³-hybridized carbons (Fsp3) is 0.0220. The molecule has 0 bridgehead atoms. The Kier molecular flexibility index (Phi) is 11.8. The van der Waals surface area contributed by atoms with Gasteiger partial charge < -0.3 is 23.2 Å². The van der Waals surface area contributed by atoms with Crippen LogP contribution in [0.5, 0.6) is 0 Å². The van der Waals surface area contributed by atoms with E-state index >= 15 is 0 Å². The van der Waals surface area contributed by atoms with Gasteiger partial charge in [0.15, 0.2) is 0 Å². The van der Waals surface area contributed by atoms with E-state index in [0.29, 0.717) is 5.56 Å². The predicted octanol–water partition coefficient (Wildman–Crippen LogP) is 23.9. The highest BCUT2D eigenvalue weighted by atomic mass is 32.1. The summed E-state index contributed by atoms with van der Waals surface area (Å²) >= 11 is 1.90. The number of para-hydroxylation sites is 6. The molecule has 21 rings (SSSR count). The Labute approximate surface area is 567 Å². The van der Waals surface area contributed by atoms with E-state index < -0.39 is 0 Å². The number of hydrogen-bond acceptors (Lipinski definition) is 3. The fourth-order valence-electron chi connectivity index (χ4n) is 16.7. The minimum atomic E-state index is 0.110. The van der Waals surface area contributed by atoms with Crippen LogP contribution in [-0.2, 0) is 0 Å². The molecule has 2 unspecified atom stereocenters. The van der Waals surface area contributed by atoms with E-state index in [2.05, 4.69) is 333 Å². The van der Waals surface area contributed by atoms with E-state index in [0.717, 1.165) is 33.8 Å². The number of nitriles is 1. The van der Waals surface area contributed by atoms with E-state index in [9.17, 15) is 5.26 Å². The van der Waals surface area contributed by atoms with Crippen molar-refractivity contribution in [1.29, 1.82) is 5.26 Å². The van der Waals surface area contributed by atoms with Crippen LogP contribution >= 0.6 is 11.3 Å². The lowest BCUT2D eigenvalue weighted by Crippen LogP contribution is -2.29. The van der Waals surface area contributed by atoms with Gasteiger partial charge in [0.2, 0.25) is 0 Å². The average molecular weight is 1270 g/mol. The molecule has 6 heterocycles. The molecule has 456 valence electrons. The van der Waals surface area contributed by atoms with Crippen molar-refractivity contribution in [2.75, 3.05) is 4.90 Å². The summed E-state index contributed by atoms with van der Waals surface area (Å²) in [7, 11) is 0. The fourth-order valence-corrected chi connectivity index (χ4v) is 17.9. The van der Waals surface area contributed by atoms with Gasteiger partial charge in [0.1, 0.15) is 0 Å². The summed E-state index contributed by atoms with van der Waals surface area (Å²) in [5.74, 6) is 0.161. The van der Waals surface area contributed by atoms with Crippen LogP contribution in [0.3, 0.4) is 0 Å². The van der Waals surface area contributed by atoms with Gasteiger partial charge in [-0.3, -0.25) is 0 Å². The third-order valence-electron chi connectivity index (χ3n) is 21.1. The summed E-state index contributed by atoms with van der Waals surface area (Å²) in [4.78, 5) is 2.60.